The fourth-order valence-corrected chi connectivity index (χ4v) is 1.34. The fourth-order valence-electron chi connectivity index (χ4n) is 1.34. The minimum atomic E-state index is -1.31. The third kappa shape index (κ3) is 1.64. The largest absolute Gasteiger partial charge is 0.550 e. The minimum absolute atomic E-state index is 0.223. The molecule has 0 unspecified atom stereocenters. The van der Waals surface area contributed by atoms with Gasteiger partial charge in [0.1, 0.15) is 0 Å². The maximum atomic E-state index is 10.4. The van der Waals surface area contributed by atoms with E-state index >= 15 is 0 Å². The van der Waals surface area contributed by atoms with Gasteiger partial charge in [0.25, 0.3) is 0 Å². The molecule has 0 amide bonds. The van der Waals surface area contributed by atoms with Crippen molar-refractivity contribution in [2.75, 3.05) is 0 Å². The quantitative estimate of drug-likeness (QED) is 0.449. The predicted molar refractivity (Wildman–Crippen MR) is 35.4 cm³/mol. The molecular weight excluding hydrogens is 160 g/mol. The molecule has 0 radical (unpaired) electrons. The second kappa shape index (κ2) is 3.38. The van der Waals surface area contributed by atoms with Gasteiger partial charge in [0.05, 0.1) is 0 Å². The lowest BCUT2D eigenvalue weighted by Gasteiger charge is -2.29. The summed E-state index contributed by atoms with van der Waals surface area (Å²) >= 11 is 0. The van der Waals surface area contributed by atoms with Crippen LogP contribution in [0.15, 0.2) is 12.2 Å². The van der Waals surface area contributed by atoms with Crippen LogP contribution in [0, 0.1) is 11.8 Å². The number of aliphatic carboxylic acids is 2. The van der Waals surface area contributed by atoms with Crippen molar-refractivity contribution in [2.24, 2.45) is 11.8 Å². The van der Waals surface area contributed by atoms with Gasteiger partial charge in [-0.2, -0.15) is 0 Å². The summed E-state index contributed by atoms with van der Waals surface area (Å²) in [4.78, 5) is 20.9. The van der Waals surface area contributed by atoms with Crippen molar-refractivity contribution in [3.8, 4) is 0 Å². The highest BCUT2D eigenvalue weighted by molar-refractivity contribution is 5.78. The number of hydrogen-bond acceptors (Lipinski definition) is 4. The Hall–Kier alpha value is -1.32. The summed E-state index contributed by atoms with van der Waals surface area (Å²) < 4.78 is 0. The van der Waals surface area contributed by atoms with Crippen LogP contribution in [0.1, 0.15) is 12.8 Å². The van der Waals surface area contributed by atoms with Gasteiger partial charge < -0.3 is 19.8 Å². The Balaban J connectivity index is 2.76. The van der Waals surface area contributed by atoms with Crippen molar-refractivity contribution in [2.45, 2.75) is 12.8 Å². The molecule has 2 atom stereocenters. The Morgan fingerprint density at radius 3 is 1.58 bits per heavy atom. The zero-order valence-corrected chi connectivity index (χ0v) is 6.36. The zero-order valence-electron chi connectivity index (χ0n) is 6.36. The van der Waals surface area contributed by atoms with E-state index in [1.165, 1.54) is 0 Å². The summed E-state index contributed by atoms with van der Waals surface area (Å²) in [6.07, 6.45) is 3.75. The van der Waals surface area contributed by atoms with Crippen molar-refractivity contribution >= 4 is 11.9 Å². The van der Waals surface area contributed by atoms with Crippen LogP contribution in [0.5, 0.6) is 0 Å². The highest BCUT2D eigenvalue weighted by Gasteiger charge is 2.24. The molecule has 0 bridgehead atoms. The topological polar surface area (TPSA) is 80.3 Å². The Morgan fingerprint density at radius 2 is 1.33 bits per heavy atom. The van der Waals surface area contributed by atoms with Crippen molar-refractivity contribution in [3.05, 3.63) is 12.2 Å². The third-order valence-electron chi connectivity index (χ3n) is 2.04. The van der Waals surface area contributed by atoms with E-state index in [0.717, 1.165) is 0 Å². The van der Waals surface area contributed by atoms with Gasteiger partial charge in [-0.1, -0.05) is 12.2 Å². The Kier molecular flexibility index (Phi) is 2.47. The molecule has 66 valence electrons. The van der Waals surface area contributed by atoms with Crippen LogP contribution in [-0.2, 0) is 9.59 Å². The average molecular weight is 168 g/mol. The van der Waals surface area contributed by atoms with Crippen molar-refractivity contribution in [1.29, 1.82) is 0 Å². The number of rotatable bonds is 2. The summed E-state index contributed by atoms with van der Waals surface area (Å²) in [5.74, 6) is -4.48. The third-order valence-corrected chi connectivity index (χ3v) is 2.04. The Labute approximate surface area is 69.5 Å². The first kappa shape index (κ1) is 8.77. The van der Waals surface area contributed by atoms with E-state index in [1.807, 2.05) is 0 Å². The van der Waals surface area contributed by atoms with Crippen LogP contribution < -0.4 is 10.2 Å². The van der Waals surface area contributed by atoms with Gasteiger partial charge in [0.15, 0.2) is 0 Å². The molecule has 4 nitrogen and oxygen atoms in total. The van der Waals surface area contributed by atoms with Crippen molar-refractivity contribution in [1.82, 2.24) is 0 Å². The highest BCUT2D eigenvalue weighted by atomic mass is 16.4. The molecule has 4 heteroatoms. The molecular formula is C8H8O4-2. The highest BCUT2D eigenvalue weighted by Crippen LogP contribution is 2.24. The molecule has 12 heavy (non-hydrogen) atoms. The van der Waals surface area contributed by atoms with Crippen molar-refractivity contribution in [3.63, 3.8) is 0 Å². The van der Waals surface area contributed by atoms with Gasteiger partial charge in [-0.3, -0.25) is 0 Å². The van der Waals surface area contributed by atoms with Crippen LogP contribution in [0.4, 0.5) is 0 Å². The predicted octanol–water partition coefficient (Wildman–Crippen LogP) is -1.93. The number of carboxylic acid groups (broad SMARTS) is 2. The van der Waals surface area contributed by atoms with Crippen LogP contribution in [0.25, 0.3) is 0 Å². The average Bonchev–Trinajstić information content (AvgIpc) is 2.04. The fraction of sp³-hybridized carbons (Fsp3) is 0.500. The molecule has 0 aromatic rings. The van der Waals surface area contributed by atoms with Crippen LogP contribution in [-0.4, -0.2) is 11.9 Å². The van der Waals surface area contributed by atoms with E-state index in [2.05, 4.69) is 0 Å². The van der Waals surface area contributed by atoms with E-state index < -0.39 is 23.8 Å². The second-order valence-corrected chi connectivity index (χ2v) is 2.79. The summed E-state index contributed by atoms with van der Waals surface area (Å²) in [5.41, 5.74) is 0. The van der Waals surface area contributed by atoms with Gasteiger partial charge >= 0.3 is 0 Å². The number of carbonyl (C=O) groups is 2. The van der Waals surface area contributed by atoms with Crippen molar-refractivity contribution < 1.29 is 19.8 Å². The van der Waals surface area contributed by atoms with Gasteiger partial charge in [0, 0.05) is 23.8 Å². The second-order valence-electron chi connectivity index (χ2n) is 2.79. The van der Waals surface area contributed by atoms with Gasteiger partial charge in [-0.05, 0) is 12.8 Å². The maximum Gasteiger partial charge on any atom is 0.0455 e. The number of hydrogen-bond donors (Lipinski definition) is 0. The molecule has 0 saturated carbocycles. The van der Waals surface area contributed by atoms with Crippen LogP contribution >= 0.6 is 0 Å². The van der Waals surface area contributed by atoms with Gasteiger partial charge in [0.2, 0.25) is 0 Å². The summed E-state index contributed by atoms with van der Waals surface area (Å²) in [7, 11) is 0. The molecule has 1 rings (SSSR count). The van der Waals surface area contributed by atoms with Gasteiger partial charge in [-0.25, -0.2) is 0 Å². The Bertz CT molecular complexity index is 207. The lowest BCUT2D eigenvalue weighted by Crippen LogP contribution is -2.44. The molecule has 0 heterocycles. The maximum absolute atomic E-state index is 10.4. The summed E-state index contributed by atoms with van der Waals surface area (Å²) in [5, 5.41) is 20.9. The van der Waals surface area contributed by atoms with Gasteiger partial charge in [-0.15, -0.1) is 0 Å². The number of allylic oxidation sites excluding steroid dienone is 2. The number of carboxylic acids is 2. The lowest BCUT2D eigenvalue weighted by molar-refractivity contribution is -0.326. The molecule has 1 aliphatic rings. The van der Waals surface area contributed by atoms with E-state index in [1.54, 1.807) is 12.2 Å². The van der Waals surface area contributed by atoms with E-state index in [4.69, 9.17) is 0 Å². The lowest BCUT2D eigenvalue weighted by atomic mass is 9.83. The SMILES string of the molecule is O=C([O-])[C@H]1CC=CC[C@@H]1C(=O)[O-]. The van der Waals surface area contributed by atoms with Crippen LogP contribution in [0.2, 0.25) is 0 Å². The smallest absolute Gasteiger partial charge is 0.0455 e. The molecule has 0 saturated heterocycles. The monoisotopic (exact) mass is 168 g/mol. The number of carbonyl (C=O) groups excluding carboxylic acids is 2. The van der Waals surface area contributed by atoms with E-state index in [9.17, 15) is 19.8 Å². The molecule has 0 aromatic carbocycles. The minimum Gasteiger partial charge on any atom is -0.550 e. The normalized spacial score (nSPS) is 28.3. The van der Waals surface area contributed by atoms with E-state index in [-0.39, 0.29) is 12.8 Å². The molecule has 1 aliphatic carbocycles. The molecule has 0 aliphatic heterocycles. The first-order chi connectivity index (χ1) is 5.63. The van der Waals surface area contributed by atoms with E-state index in [0.29, 0.717) is 0 Å². The summed E-state index contributed by atoms with van der Waals surface area (Å²) in [6.45, 7) is 0. The van der Waals surface area contributed by atoms with Crippen LogP contribution in [0.3, 0.4) is 0 Å². The molecule has 0 spiro atoms. The molecule has 0 aromatic heterocycles. The molecule has 0 fully saturated rings. The zero-order chi connectivity index (χ0) is 9.14. The standard InChI is InChI=1S/C8H10O4/c9-7(10)5-3-1-2-4-6(5)8(11)12/h1-2,5-6H,3-4H2,(H,9,10)(H,11,12)/p-2/t5-,6-/m0/s1. The Morgan fingerprint density at radius 1 is 1.00 bits per heavy atom. The molecule has 0 N–H and O–H groups in total. The first-order valence-electron chi connectivity index (χ1n) is 3.69. The first-order valence-corrected chi connectivity index (χ1v) is 3.69. The summed E-state index contributed by atoms with van der Waals surface area (Å²) in [6, 6.07) is 0.